The van der Waals surface area contributed by atoms with Gasteiger partial charge in [-0.1, -0.05) is 35.3 Å². The van der Waals surface area contributed by atoms with Crippen molar-refractivity contribution in [2.45, 2.75) is 37.6 Å². The number of fused-ring (bicyclic) bond motifs is 1. The molecule has 2 aromatic rings. The maximum atomic E-state index is 13.5. The average Bonchev–Trinajstić information content (AvgIpc) is 3.34. The van der Waals surface area contributed by atoms with Crippen LogP contribution in [0.5, 0.6) is 0 Å². The Kier molecular flexibility index (Phi) is 6.33. The van der Waals surface area contributed by atoms with Crippen molar-refractivity contribution >= 4 is 34.8 Å². The molecule has 2 unspecified atom stereocenters. The van der Waals surface area contributed by atoms with Crippen molar-refractivity contribution in [1.82, 2.24) is 9.80 Å². The predicted molar refractivity (Wildman–Crippen MR) is 128 cm³/mol. The Hall–Kier alpha value is -1.82. The molecule has 2 aromatic carbocycles. The number of carbonyl (C=O) groups excluding carboxylic acids is 1. The lowest BCUT2D eigenvalue weighted by molar-refractivity contribution is 0.0329. The Morgan fingerprint density at radius 2 is 1.78 bits per heavy atom. The van der Waals surface area contributed by atoms with Crippen LogP contribution in [0.1, 0.15) is 47.5 Å². The summed E-state index contributed by atoms with van der Waals surface area (Å²) in [7, 11) is 0. The van der Waals surface area contributed by atoms with Gasteiger partial charge in [0, 0.05) is 45.3 Å². The Bertz CT molecular complexity index is 1010. The number of nitrogens with zero attached hydrogens (tertiary/aromatic N) is 3. The van der Waals surface area contributed by atoms with E-state index in [4.69, 9.17) is 23.2 Å². The van der Waals surface area contributed by atoms with Crippen molar-refractivity contribution in [3.05, 3.63) is 63.4 Å². The second-order valence-corrected chi connectivity index (χ2v) is 9.97. The first-order valence-corrected chi connectivity index (χ1v) is 12.3. The number of amides is 1. The van der Waals surface area contributed by atoms with Crippen LogP contribution in [0.2, 0.25) is 10.0 Å². The minimum absolute atomic E-state index is 0.0307. The highest BCUT2D eigenvalue weighted by Gasteiger charge is 2.36. The molecule has 0 spiro atoms. The average molecular weight is 476 g/mol. The molecule has 0 radical (unpaired) electrons. The van der Waals surface area contributed by atoms with Gasteiger partial charge in [-0.25, -0.2) is 4.39 Å². The number of benzene rings is 2. The summed E-state index contributed by atoms with van der Waals surface area (Å²) in [5, 5.41) is 0.770. The Balaban J connectivity index is 1.26. The summed E-state index contributed by atoms with van der Waals surface area (Å²) >= 11 is 12.7. The highest BCUT2D eigenvalue weighted by molar-refractivity contribution is 6.36. The van der Waals surface area contributed by atoms with Crippen LogP contribution in [0.15, 0.2) is 36.4 Å². The van der Waals surface area contributed by atoms with E-state index in [1.54, 1.807) is 6.07 Å². The van der Waals surface area contributed by atoms with E-state index in [1.165, 1.54) is 18.9 Å². The molecule has 0 saturated carbocycles. The summed E-state index contributed by atoms with van der Waals surface area (Å²) in [5.41, 5.74) is 2.69. The van der Waals surface area contributed by atoms with Crippen molar-refractivity contribution in [2.24, 2.45) is 0 Å². The largest absolute Gasteiger partial charge is 0.370 e. The summed E-state index contributed by atoms with van der Waals surface area (Å²) in [5.74, 6) is 0.00464. The van der Waals surface area contributed by atoms with Crippen molar-refractivity contribution in [1.29, 1.82) is 0 Å². The molecular formula is C25H28Cl2FN3O. The summed E-state index contributed by atoms with van der Waals surface area (Å²) in [4.78, 5) is 20.1. The molecule has 0 aromatic heterocycles. The third-order valence-corrected chi connectivity index (χ3v) is 7.95. The minimum atomic E-state index is -0.372. The summed E-state index contributed by atoms with van der Waals surface area (Å²) < 4.78 is 13.5. The first-order chi connectivity index (χ1) is 15.5. The molecule has 5 rings (SSSR count). The first-order valence-electron chi connectivity index (χ1n) is 11.5. The molecule has 170 valence electrons. The van der Waals surface area contributed by atoms with E-state index >= 15 is 0 Å². The highest BCUT2D eigenvalue weighted by Crippen LogP contribution is 2.35. The molecule has 3 aliphatic rings. The second-order valence-electron chi connectivity index (χ2n) is 9.18. The Morgan fingerprint density at radius 3 is 2.56 bits per heavy atom. The SMILES string of the molecule is O=C(c1cccc(N2CCCC2)c1Cl)N1CCN2CC(c3ccc(F)c(Cl)c3)CCC2C1. The van der Waals surface area contributed by atoms with E-state index in [0.717, 1.165) is 56.8 Å². The third-order valence-electron chi connectivity index (χ3n) is 7.27. The predicted octanol–water partition coefficient (Wildman–Crippen LogP) is 5.44. The minimum Gasteiger partial charge on any atom is -0.370 e. The fourth-order valence-corrected chi connectivity index (χ4v) is 5.97. The normalized spacial score (nSPS) is 24.0. The van der Waals surface area contributed by atoms with Gasteiger partial charge < -0.3 is 9.80 Å². The molecule has 0 bridgehead atoms. The zero-order chi connectivity index (χ0) is 22.2. The number of hydrogen-bond acceptors (Lipinski definition) is 3. The van der Waals surface area contributed by atoms with Crippen LogP contribution >= 0.6 is 23.2 Å². The van der Waals surface area contributed by atoms with Gasteiger partial charge in [-0.15, -0.1) is 0 Å². The monoisotopic (exact) mass is 475 g/mol. The van der Waals surface area contributed by atoms with Gasteiger partial charge in [0.1, 0.15) is 5.82 Å². The van der Waals surface area contributed by atoms with E-state index < -0.39 is 0 Å². The molecule has 3 saturated heterocycles. The first kappa shape index (κ1) is 22.0. The zero-order valence-electron chi connectivity index (χ0n) is 18.1. The van der Waals surface area contributed by atoms with E-state index in [2.05, 4.69) is 9.80 Å². The maximum absolute atomic E-state index is 13.5. The summed E-state index contributed by atoms with van der Waals surface area (Å²) in [6.07, 6.45) is 4.36. The standard InChI is InChI=1S/C25H28Cl2FN3O/c26-21-14-17(7-9-22(21)28)18-6-8-19-16-31(13-12-30(19)15-18)25(32)20-4-3-5-23(24(20)27)29-10-1-2-11-29/h3-5,7,9,14,18-19H,1-2,6,8,10-13,15-16H2. The number of rotatable bonds is 3. The molecule has 7 heteroatoms. The Morgan fingerprint density at radius 1 is 0.969 bits per heavy atom. The van der Waals surface area contributed by atoms with Gasteiger partial charge in [-0.05, 0) is 61.4 Å². The second kappa shape index (κ2) is 9.20. The molecule has 32 heavy (non-hydrogen) atoms. The molecule has 1 amide bonds. The molecule has 0 aliphatic carbocycles. The quantitative estimate of drug-likeness (QED) is 0.591. The van der Waals surface area contributed by atoms with Crippen LogP contribution in [-0.4, -0.2) is 61.0 Å². The molecule has 3 heterocycles. The number of piperazine rings is 1. The lowest BCUT2D eigenvalue weighted by Gasteiger charge is -2.46. The topological polar surface area (TPSA) is 26.8 Å². The van der Waals surface area contributed by atoms with Crippen LogP contribution in [0.3, 0.4) is 0 Å². The van der Waals surface area contributed by atoms with Crippen molar-refractivity contribution in [3.63, 3.8) is 0 Å². The number of halogens is 3. The van der Waals surface area contributed by atoms with Gasteiger partial charge in [0.25, 0.3) is 5.91 Å². The number of carbonyl (C=O) groups is 1. The number of piperidine rings is 1. The lowest BCUT2D eigenvalue weighted by Crippen LogP contribution is -2.57. The van der Waals surface area contributed by atoms with Gasteiger partial charge in [0.2, 0.25) is 0 Å². The van der Waals surface area contributed by atoms with E-state index in [-0.39, 0.29) is 16.7 Å². The molecule has 4 nitrogen and oxygen atoms in total. The number of hydrogen-bond donors (Lipinski definition) is 0. The maximum Gasteiger partial charge on any atom is 0.255 e. The Labute approximate surface area is 198 Å². The molecular weight excluding hydrogens is 448 g/mol. The molecule has 3 aliphatic heterocycles. The van der Waals surface area contributed by atoms with Crippen LogP contribution in [0.4, 0.5) is 10.1 Å². The van der Waals surface area contributed by atoms with Crippen molar-refractivity contribution in [2.75, 3.05) is 44.2 Å². The van der Waals surface area contributed by atoms with E-state index in [0.29, 0.717) is 29.1 Å². The molecule has 3 fully saturated rings. The van der Waals surface area contributed by atoms with Gasteiger partial charge in [0.15, 0.2) is 0 Å². The van der Waals surface area contributed by atoms with Crippen LogP contribution in [0, 0.1) is 5.82 Å². The third kappa shape index (κ3) is 4.23. The zero-order valence-corrected chi connectivity index (χ0v) is 19.6. The van der Waals surface area contributed by atoms with Crippen molar-refractivity contribution < 1.29 is 9.18 Å². The van der Waals surface area contributed by atoms with E-state index in [1.807, 2.05) is 29.2 Å². The van der Waals surface area contributed by atoms with Crippen LogP contribution in [0.25, 0.3) is 0 Å². The fourth-order valence-electron chi connectivity index (χ4n) is 5.46. The van der Waals surface area contributed by atoms with Crippen LogP contribution < -0.4 is 4.90 Å². The van der Waals surface area contributed by atoms with Gasteiger partial charge in [0.05, 0.1) is 21.3 Å². The van der Waals surface area contributed by atoms with Gasteiger partial charge in [-0.2, -0.15) is 0 Å². The fraction of sp³-hybridized carbons (Fsp3) is 0.480. The van der Waals surface area contributed by atoms with Crippen molar-refractivity contribution in [3.8, 4) is 0 Å². The summed E-state index contributed by atoms with van der Waals surface area (Å²) in [6.45, 7) is 5.17. The summed E-state index contributed by atoms with van der Waals surface area (Å²) in [6, 6.07) is 11.2. The smallest absolute Gasteiger partial charge is 0.255 e. The lowest BCUT2D eigenvalue weighted by atomic mass is 9.86. The van der Waals surface area contributed by atoms with Crippen LogP contribution in [-0.2, 0) is 0 Å². The molecule has 2 atom stereocenters. The van der Waals surface area contributed by atoms with E-state index in [9.17, 15) is 9.18 Å². The van der Waals surface area contributed by atoms with Gasteiger partial charge in [-0.3, -0.25) is 9.69 Å². The highest BCUT2D eigenvalue weighted by atomic mass is 35.5. The molecule has 0 N–H and O–H groups in total. The van der Waals surface area contributed by atoms with Gasteiger partial charge >= 0.3 is 0 Å². The number of anilines is 1.